The third-order valence-corrected chi connectivity index (χ3v) is 6.53. The first-order valence-corrected chi connectivity index (χ1v) is 12.9. The van der Waals surface area contributed by atoms with E-state index in [1.807, 2.05) is 32.2 Å². The molecule has 2 aromatic rings. The normalized spacial score (nSPS) is 19.0. The van der Waals surface area contributed by atoms with Crippen molar-refractivity contribution in [1.29, 1.82) is 0 Å². The van der Waals surface area contributed by atoms with Gasteiger partial charge in [-0.3, -0.25) is 0 Å². The molecule has 0 aliphatic carbocycles. The largest absolute Gasteiger partial charge is 0.385 e. The molecule has 0 radical (unpaired) electrons. The monoisotopic (exact) mass is 486 g/mol. The van der Waals surface area contributed by atoms with Gasteiger partial charge in [-0.15, -0.1) is 0 Å². The quantitative estimate of drug-likeness (QED) is 0.438. The smallest absolute Gasteiger partial charge is 0.224 e. The Morgan fingerprint density at radius 2 is 1.97 bits per heavy atom. The molecule has 2 aromatic heterocycles. The maximum atomic E-state index is 5.53. The number of rotatable bonds is 10. The van der Waals surface area contributed by atoms with E-state index in [4.69, 9.17) is 19.7 Å². The second kappa shape index (κ2) is 12.5. The summed E-state index contributed by atoms with van der Waals surface area (Å²) >= 11 is 0. The van der Waals surface area contributed by atoms with Gasteiger partial charge in [-0.05, 0) is 69.4 Å². The predicted octanol–water partition coefficient (Wildman–Crippen LogP) is 5.36. The van der Waals surface area contributed by atoms with E-state index in [0.717, 1.165) is 65.7 Å². The van der Waals surface area contributed by atoms with Crippen molar-refractivity contribution in [2.24, 2.45) is 0 Å². The average molecular weight is 487 g/mol. The molecule has 2 N–H and O–H groups in total. The van der Waals surface area contributed by atoms with Crippen LogP contribution in [0, 0.1) is 0 Å². The minimum absolute atomic E-state index is 0.226. The van der Waals surface area contributed by atoms with Crippen LogP contribution in [0.5, 0.6) is 0 Å². The van der Waals surface area contributed by atoms with Crippen LogP contribution in [0.4, 0.5) is 11.8 Å². The first-order valence-electron chi connectivity index (χ1n) is 12.9. The lowest BCUT2D eigenvalue weighted by Gasteiger charge is -2.17. The summed E-state index contributed by atoms with van der Waals surface area (Å²) in [5.41, 5.74) is 5.91. The second-order valence-electron chi connectivity index (χ2n) is 9.39. The lowest BCUT2D eigenvalue weighted by molar-refractivity contribution is 0.195. The zero-order chi connectivity index (χ0) is 25.3. The topological polar surface area (TPSA) is 75.2 Å². The van der Waals surface area contributed by atoms with Crippen molar-refractivity contribution in [2.75, 3.05) is 36.5 Å². The van der Waals surface area contributed by atoms with Gasteiger partial charge in [0.2, 0.25) is 5.95 Å². The Hall–Kier alpha value is -3.45. The van der Waals surface area contributed by atoms with Gasteiger partial charge in [0.15, 0.2) is 0 Å². The molecule has 2 fully saturated rings. The maximum absolute atomic E-state index is 5.53. The van der Waals surface area contributed by atoms with E-state index in [2.05, 4.69) is 59.4 Å². The van der Waals surface area contributed by atoms with Crippen molar-refractivity contribution in [2.45, 2.75) is 52.6 Å². The van der Waals surface area contributed by atoms with Gasteiger partial charge < -0.3 is 20.3 Å². The number of hydrogen-bond donors (Lipinski definition) is 2. The minimum atomic E-state index is 0.226. The van der Waals surface area contributed by atoms with Gasteiger partial charge in [0, 0.05) is 25.9 Å². The summed E-state index contributed by atoms with van der Waals surface area (Å²) in [5, 5.41) is 6.89. The third-order valence-electron chi connectivity index (χ3n) is 6.53. The molecule has 2 aliphatic heterocycles. The zero-order valence-electron chi connectivity index (χ0n) is 21.8. The molecule has 1 unspecified atom stereocenters. The van der Waals surface area contributed by atoms with Gasteiger partial charge in [0.05, 0.1) is 36.3 Å². The van der Waals surface area contributed by atoms with Gasteiger partial charge in [-0.25, -0.2) is 15.0 Å². The molecule has 7 nitrogen and oxygen atoms in total. The first-order chi connectivity index (χ1) is 17.6. The number of allylic oxidation sites excluding steroid dienone is 6. The molecule has 0 amide bonds. The van der Waals surface area contributed by atoms with Crippen molar-refractivity contribution >= 4 is 22.9 Å². The lowest BCUT2D eigenvalue weighted by Crippen LogP contribution is -2.21. The summed E-state index contributed by atoms with van der Waals surface area (Å²) in [4.78, 5) is 16.9. The van der Waals surface area contributed by atoms with Gasteiger partial charge in [-0.2, -0.15) is 0 Å². The summed E-state index contributed by atoms with van der Waals surface area (Å²) in [6.45, 7) is 14.3. The van der Waals surface area contributed by atoms with Crippen molar-refractivity contribution in [1.82, 2.24) is 20.3 Å². The van der Waals surface area contributed by atoms with E-state index < -0.39 is 0 Å². The highest BCUT2D eigenvalue weighted by molar-refractivity contribution is 5.75. The fraction of sp³-hybridized carbons (Fsp3) is 0.414. The summed E-state index contributed by atoms with van der Waals surface area (Å²) in [7, 11) is 0. The molecule has 190 valence electrons. The molecule has 0 bridgehead atoms. The molecular weight excluding hydrogens is 448 g/mol. The number of nitrogens with zero attached hydrogens (tertiary/aromatic N) is 4. The maximum Gasteiger partial charge on any atom is 0.224 e. The molecule has 2 saturated heterocycles. The Bertz CT molecular complexity index is 1140. The standard InChI is InChI=1S/C29H38N6O/c1-5-21(3)16-23(6-2)27-17-26(33-29(34-27)32-25-12-15-36-20-25)22(4)18-30-19-24-10-9-11-28(31-24)35-13-7-8-14-35/h5-6,9-11,16-18,25,30H,1,7-8,12-15,19-20H2,2-4H3,(H,32,33,34)/b21-16-,22-18+,23-6+. The van der Waals surface area contributed by atoms with Crippen LogP contribution in [0.3, 0.4) is 0 Å². The van der Waals surface area contributed by atoms with Crippen LogP contribution in [0.25, 0.3) is 11.1 Å². The van der Waals surface area contributed by atoms with Gasteiger partial charge in [0.25, 0.3) is 0 Å². The molecule has 0 spiro atoms. The molecule has 4 heterocycles. The number of ether oxygens (including phenoxy) is 1. The zero-order valence-corrected chi connectivity index (χ0v) is 21.8. The van der Waals surface area contributed by atoms with E-state index in [1.165, 1.54) is 12.8 Å². The molecule has 4 rings (SSSR count). The van der Waals surface area contributed by atoms with Crippen LogP contribution in [-0.4, -0.2) is 47.3 Å². The first kappa shape index (κ1) is 25.6. The van der Waals surface area contributed by atoms with Gasteiger partial charge in [0.1, 0.15) is 5.82 Å². The summed E-state index contributed by atoms with van der Waals surface area (Å²) in [6, 6.07) is 8.52. The second-order valence-corrected chi connectivity index (χ2v) is 9.39. The number of anilines is 2. The van der Waals surface area contributed by atoms with Gasteiger partial charge >= 0.3 is 0 Å². The third kappa shape index (κ3) is 6.82. The average Bonchev–Trinajstić information content (AvgIpc) is 3.62. The molecule has 0 saturated carbocycles. The number of hydrogen-bond acceptors (Lipinski definition) is 7. The van der Waals surface area contributed by atoms with Crippen molar-refractivity contribution in [3.05, 3.63) is 77.9 Å². The Kier molecular flexibility index (Phi) is 8.90. The van der Waals surface area contributed by atoms with Crippen LogP contribution >= 0.6 is 0 Å². The van der Waals surface area contributed by atoms with Crippen molar-refractivity contribution < 1.29 is 4.74 Å². The minimum Gasteiger partial charge on any atom is -0.385 e. The number of nitrogens with one attached hydrogen (secondary N) is 2. The van der Waals surface area contributed by atoms with Gasteiger partial charge in [-0.1, -0.05) is 36.4 Å². The highest BCUT2D eigenvalue weighted by Crippen LogP contribution is 2.23. The van der Waals surface area contributed by atoms with Crippen LogP contribution < -0.4 is 15.5 Å². The number of aromatic nitrogens is 3. The van der Waals surface area contributed by atoms with E-state index in [1.54, 1.807) is 0 Å². The number of pyridine rings is 1. The Balaban J connectivity index is 1.53. The fourth-order valence-corrected chi connectivity index (χ4v) is 4.37. The molecule has 36 heavy (non-hydrogen) atoms. The van der Waals surface area contributed by atoms with E-state index in [-0.39, 0.29) is 6.04 Å². The Labute approximate surface area is 215 Å². The van der Waals surface area contributed by atoms with E-state index in [9.17, 15) is 0 Å². The summed E-state index contributed by atoms with van der Waals surface area (Å²) in [6.07, 6.45) is 11.5. The van der Waals surface area contributed by atoms with Crippen molar-refractivity contribution in [3.8, 4) is 0 Å². The van der Waals surface area contributed by atoms with Crippen LogP contribution in [0.2, 0.25) is 0 Å². The Morgan fingerprint density at radius 3 is 2.69 bits per heavy atom. The molecule has 1 atom stereocenters. The van der Waals surface area contributed by atoms with E-state index >= 15 is 0 Å². The van der Waals surface area contributed by atoms with Crippen LogP contribution in [-0.2, 0) is 11.3 Å². The van der Waals surface area contributed by atoms with Crippen LogP contribution in [0.1, 0.15) is 57.1 Å². The Morgan fingerprint density at radius 1 is 1.17 bits per heavy atom. The SMILES string of the molecule is C=C/C(C)=C\C(=C/C)c1cc(/C(C)=C/NCc2cccc(N3CCCC3)n2)nc(NC2CCOC2)n1. The molecule has 7 heteroatoms. The lowest BCUT2D eigenvalue weighted by atomic mass is 10.1. The van der Waals surface area contributed by atoms with Crippen LogP contribution in [0.15, 0.2) is 60.8 Å². The highest BCUT2D eigenvalue weighted by atomic mass is 16.5. The fourth-order valence-electron chi connectivity index (χ4n) is 4.37. The van der Waals surface area contributed by atoms with E-state index in [0.29, 0.717) is 19.1 Å². The molecule has 0 aromatic carbocycles. The molecular formula is C29H38N6O. The summed E-state index contributed by atoms with van der Waals surface area (Å²) in [5.74, 6) is 1.69. The molecule has 2 aliphatic rings. The summed E-state index contributed by atoms with van der Waals surface area (Å²) < 4.78 is 5.53. The highest BCUT2D eigenvalue weighted by Gasteiger charge is 2.18. The van der Waals surface area contributed by atoms with Crippen molar-refractivity contribution in [3.63, 3.8) is 0 Å². The predicted molar refractivity (Wildman–Crippen MR) is 149 cm³/mol.